The van der Waals surface area contributed by atoms with Crippen LogP contribution in [0.4, 0.5) is 0 Å². The van der Waals surface area contributed by atoms with E-state index in [1.165, 1.54) is 32.1 Å². The largest absolute Gasteiger partial charge is 0.343 e. The predicted molar refractivity (Wildman–Crippen MR) is 86.0 cm³/mol. The molecule has 0 aromatic heterocycles. The molecule has 1 amide bonds. The Hall–Kier alpha value is -0.280. The molecule has 4 heteroatoms. The zero-order valence-electron chi connectivity index (χ0n) is 12.9. The number of likely N-dealkylation sites (tertiary alicyclic amines) is 1. The summed E-state index contributed by atoms with van der Waals surface area (Å²) in [6, 6.07) is 0.277. The third-order valence-corrected chi connectivity index (χ3v) is 5.13. The van der Waals surface area contributed by atoms with Crippen LogP contribution >= 0.6 is 12.4 Å². The fraction of sp³-hybridized carbons (Fsp3) is 0.938. The number of hydrogen-bond acceptors (Lipinski definition) is 2. The highest BCUT2D eigenvalue weighted by atomic mass is 35.5. The molecule has 1 atom stereocenters. The fourth-order valence-corrected chi connectivity index (χ4v) is 3.64. The lowest BCUT2D eigenvalue weighted by molar-refractivity contribution is -0.133. The number of rotatable bonds is 4. The van der Waals surface area contributed by atoms with Gasteiger partial charge in [-0.05, 0) is 38.0 Å². The van der Waals surface area contributed by atoms with Crippen molar-refractivity contribution in [3.8, 4) is 0 Å². The SMILES string of the molecule is CC(N)C1CCN(C(=O)CCC2CCCCC2)CC1.Cl. The Morgan fingerprint density at radius 1 is 1.15 bits per heavy atom. The van der Waals surface area contributed by atoms with Crippen LogP contribution in [0.3, 0.4) is 0 Å². The third kappa shape index (κ3) is 5.25. The van der Waals surface area contributed by atoms with Crippen molar-refractivity contribution >= 4 is 18.3 Å². The number of amides is 1. The molecule has 0 aromatic carbocycles. The normalized spacial score (nSPS) is 23.2. The van der Waals surface area contributed by atoms with Gasteiger partial charge in [0.05, 0.1) is 0 Å². The third-order valence-electron chi connectivity index (χ3n) is 5.13. The highest BCUT2D eigenvalue weighted by molar-refractivity contribution is 5.85. The second-order valence-corrected chi connectivity index (χ2v) is 6.62. The van der Waals surface area contributed by atoms with Crippen molar-refractivity contribution in [3.05, 3.63) is 0 Å². The smallest absolute Gasteiger partial charge is 0.222 e. The van der Waals surface area contributed by atoms with E-state index in [2.05, 4.69) is 11.8 Å². The van der Waals surface area contributed by atoms with Gasteiger partial charge in [0.25, 0.3) is 0 Å². The Morgan fingerprint density at radius 3 is 2.30 bits per heavy atom. The Labute approximate surface area is 130 Å². The van der Waals surface area contributed by atoms with Gasteiger partial charge in [0.1, 0.15) is 0 Å². The van der Waals surface area contributed by atoms with Crippen molar-refractivity contribution in [3.63, 3.8) is 0 Å². The molecule has 0 aromatic rings. The molecule has 3 nitrogen and oxygen atoms in total. The van der Waals surface area contributed by atoms with Gasteiger partial charge < -0.3 is 10.6 Å². The zero-order chi connectivity index (χ0) is 13.7. The quantitative estimate of drug-likeness (QED) is 0.865. The number of carbonyl (C=O) groups excluding carboxylic acids is 1. The number of hydrogen-bond donors (Lipinski definition) is 1. The van der Waals surface area contributed by atoms with Gasteiger partial charge in [-0.1, -0.05) is 32.1 Å². The first-order valence-corrected chi connectivity index (χ1v) is 8.20. The van der Waals surface area contributed by atoms with E-state index >= 15 is 0 Å². The van der Waals surface area contributed by atoms with Gasteiger partial charge >= 0.3 is 0 Å². The van der Waals surface area contributed by atoms with Gasteiger partial charge in [0, 0.05) is 25.6 Å². The van der Waals surface area contributed by atoms with E-state index in [4.69, 9.17) is 5.73 Å². The van der Waals surface area contributed by atoms with Crippen LogP contribution in [0.5, 0.6) is 0 Å². The molecule has 1 saturated carbocycles. The van der Waals surface area contributed by atoms with Gasteiger partial charge in [-0.2, -0.15) is 0 Å². The van der Waals surface area contributed by atoms with E-state index in [1.807, 2.05) is 0 Å². The molecule has 2 aliphatic rings. The molecule has 2 fully saturated rings. The van der Waals surface area contributed by atoms with Crippen LogP contribution in [-0.4, -0.2) is 29.9 Å². The minimum Gasteiger partial charge on any atom is -0.343 e. The average Bonchev–Trinajstić information content (AvgIpc) is 2.46. The van der Waals surface area contributed by atoms with Crippen LogP contribution in [0.15, 0.2) is 0 Å². The van der Waals surface area contributed by atoms with Crippen LogP contribution in [0.25, 0.3) is 0 Å². The molecule has 1 aliphatic heterocycles. The van der Waals surface area contributed by atoms with E-state index in [9.17, 15) is 4.79 Å². The number of piperidine rings is 1. The topological polar surface area (TPSA) is 46.3 Å². The first-order valence-electron chi connectivity index (χ1n) is 8.20. The lowest BCUT2D eigenvalue weighted by Gasteiger charge is -2.34. The lowest BCUT2D eigenvalue weighted by Crippen LogP contribution is -2.42. The van der Waals surface area contributed by atoms with Crippen LogP contribution < -0.4 is 5.73 Å². The molecule has 0 bridgehead atoms. The zero-order valence-corrected chi connectivity index (χ0v) is 13.7. The Bertz CT molecular complexity index is 282. The number of nitrogens with zero attached hydrogens (tertiary/aromatic N) is 1. The van der Waals surface area contributed by atoms with E-state index in [1.54, 1.807) is 0 Å². The van der Waals surface area contributed by atoms with E-state index in [0.717, 1.165) is 44.7 Å². The number of nitrogens with two attached hydrogens (primary N) is 1. The molecule has 0 radical (unpaired) electrons. The van der Waals surface area contributed by atoms with E-state index in [0.29, 0.717) is 11.8 Å². The molecule has 1 unspecified atom stereocenters. The summed E-state index contributed by atoms with van der Waals surface area (Å²) in [5.41, 5.74) is 5.94. The van der Waals surface area contributed by atoms with E-state index in [-0.39, 0.29) is 18.4 Å². The van der Waals surface area contributed by atoms with Crippen LogP contribution in [-0.2, 0) is 4.79 Å². The van der Waals surface area contributed by atoms with Gasteiger partial charge in [-0.3, -0.25) is 4.79 Å². The minimum absolute atomic E-state index is 0. The standard InChI is InChI=1S/C16H30N2O.ClH/c1-13(17)15-9-11-18(12-10-15)16(19)8-7-14-5-3-2-4-6-14;/h13-15H,2-12,17H2,1H3;1H. The van der Waals surface area contributed by atoms with Crippen molar-refractivity contribution in [2.75, 3.05) is 13.1 Å². The maximum Gasteiger partial charge on any atom is 0.222 e. The Morgan fingerprint density at radius 2 is 1.75 bits per heavy atom. The monoisotopic (exact) mass is 302 g/mol. The van der Waals surface area contributed by atoms with Crippen molar-refractivity contribution in [2.45, 2.75) is 70.8 Å². The summed E-state index contributed by atoms with van der Waals surface area (Å²) in [6.07, 6.45) is 10.9. The van der Waals surface area contributed by atoms with E-state index < -0.39 is 0 Å². The van der Waals surface area contributed by atoms with Crippen molar-refractivity contribution < 1.29 is 4.79 Å². The molecule has 20 heavy (non-hydrogen) atoms. The molecule has 2 rings (SSSR count). The van der Waals surface area contributed by atoms with Gasteiger partial charge in [0.2, 0.25) is 5.91 Å². The summed E-state index contributed by atoms with van der Waals surface area (Å²) in [5.74, 6) is 1.82. The van der Waals surface area contributed by atoms with Crippen molar-refractivity contribution in [1.29, 1.82) is 0 Å². The number of halogens is 1. The molecule has 1 aliphatic carbocycles. The maximum atomic E-state index is 12.2. The first kappa shape index (κ1) is 17.8. The second-order valence-electron chi connectivity index (χ2n) is 6.62. The predicted octanol–water partition coefficient (Wildman–Crippen LogP) is 3.35. The highest BCUT2D eigenvalue weighted by Crippen LogP contribution is 2.28. The van der Waals surface area contributed by atoms with Gasteiger partial charge in [-0.15, -0.1) is 12.4 Å². The number of carbonyl (C=O) groups is 1. The minimum atomic E-state index is 0. The molecule has 2 N–H and O–H groups in total. The molecule has 0 spiro atoms. The van der Waals surface area contributed by atoms with Crippen LogP contribution in [0.1, 0.15) is 64.7 Å². The summed E-state index contributed by atoms with van der Waals surface area (Å²) < 4.78 is 0. The van der Waals surface area contributed by atoms with Crippen LogP contribution in [0, 0.1) is 11.8 Å². The average molecular weight is 303 g/mol. The summed E-state index contributed by atoms with van der Waals surface area (Å²) in [5, 5.41) is 0. The molecule has 118 valence electrons. The molecular weight excluding hydrogens is 272 g/mol. The summed E-state index contributed by atoms with van der Waals surface area (Å²) in [6.45, 7) is 3.94. The van der Waals surface area contributed by atoms with Crippen LogP contribution in [0.2, 0.25) is 0 Å². The van der Waals surface area contributed by atoms with Gasteiger partial charge in [-0.25, -0.2) is 0 Å². The Balaban J connectivity index is 0.00000200. The summed E-state index contributed by atoms with van der Waals surface area (Å²) >= 11 is 0. The van der Waals surface area contributed by atoms with Gasteiger partial charge in [0.15, 0.2) is 0 Å². The second kappa shape index (κ2) is 8.89. The first-order chi connectivity index (χ1) is 9.16. The molecule has 1 saturated heterocycles. The van der Waals surface area contributed by atoms with Crippen molar-refractivity contribution in [1.82, 2.24) is 4.90 Å². The summed E-state index contributed by atoms with van der Waals surface area (Å²) in [4.78, 5) is 14.3. The fourth-order valence-electron chi connectivity index (χ4n) is 3.64. The maximum absolute atomic E-state index is 12.2. The molecule has 1 heterocycles. The molecular formula is C16H31ClN2O. The highest BCUT2D eigenvalue weighted by Gasteiger charge is 2.25. The van der Waals surface area contributed by atoms with Crippen molar-refractivity contribution in [2.24, 2.45) is 17.6 Å². The Kier molecular flexibility index (Phi) is 7.90. The summed E-state index contributed by atoms with van der Waals surface area (Å²) in [7, 11) is 0. The lowest BCUT2D eigenvalue weighted by atomic mass is 9.86.